The summed E-state index contributed by atoms with van der Waals surface area (Å²) in [6.07, 6.45) is -0.355. The summed E-state index contributed by atoms with van der Waals surface area (Å²) in [7, 11) is 0. The Hall–Kier alpha value is -1.55. The maximum absolute atomic E-state index is 10.5. The lowest BCUT2D eigenvalue weighted by atomic mass is 10.2. The van der Waals surface area contributed by atoms with Gasteiger partial charge in [-0.1, -0.05) is 6.92 Å². The Labute approximate surface area is 81.8 Å². The lowest BCUT2D eigenvalue weighted by Gasteiger charge is -2.10. The van der Waals surface area contributed by atoms with Gasteiger partial charge in [-0.05, 0) is 24.3 Å². The molecule has 14 heavy (non-hydrogen) atoms. The second kappa shape index (κ2) is 4.62. The van der Waals surface area contributed by atoms with Gasteiger partial charge in [0.1, 0.15) is 5.75 Å². The summed E-state index contributed by atoms with van der Waals surface area (Å²) in [5, 5.41) is 17.8. The maximum atomic E-state index is 10.5. The third-order valence-corrected chi connectivity index (χ3v) is 1.72. The van der Waals surface area contributed by atoms with E-state index in [-0.39, 0.29) is 5.56 Å². The summed E-state index contributed by atoms with van der Waals surface area (Å²) < 4.78 is 5.06. The van der Waals surface area contributed by atoms with Crippen LogP contribution < -0.4 is 4.74 Å². The van der Waals surface area contributed by atoms with Crippen LogP contribution in [-0.4, -0.2) is 22.5 Å². The summed E-state index contributed by atoms with van der Waals surface area (Å²) in [5.74, 6) is -0.517. The lowest BCUT2D eigenvalue weighted by Crippen LogP contribution is -2.13. The van der Waals surface area contributed by atoms with Gasteiger partial charge in [0.2, 0.25) is 0 Å². The molecular weight excluding hydrogens is 184 g/mol. The molecule has 1 unspecified atom stereocenters. The third kappa shape index (κ3) is 2.74. The molecule has 0 aliphatic heterocycles. The number of ether oxygens (including phenoxy) is 1. The van der Waals surface area contributed by atoms with E-state index < -0.39 is 12.3 Å². The highest BCUT2D eigenvalue weighted by molar-refractivity contribution is 5.87. The van der Waals surface area contributed by atoms with Crippen molar-refractivity contribution in [3.63, 3.8) is 0 Å². The summed E-state index contributed by atoms with van der Waals surface area (Å²) in [4.78, 5) is 10.5. The number of rotatable bonds is 4. The van der Waals surface area contributed by atoms with E-state index in [9.17, 15) is 4.79 Å². The van der Waals surface area contributed by atoms with Gasteiger partial charge in [0, 0.05) is 6.42 Å². The summed E-state index contributed by atoms with van der Waals surface area (Å²) in [5.41, 5.74) is 0.198. The highest BCUT2D eigenvalue weighted by atomic mass is 16.6. The van der Waals surface area contributed by atoms with Crippen LogP contribution in [0.1, 0.15) is 23.7 Å². The van der Waals surface area contributed by atoms with E-state index >= 15 is 0 Å². The first-order valence-corrected chi connectivity index (χ1v) is 4.31. The van der Waals surface area contributed by atoms with Gasteiger partial charge in [-0.3, -0.25) is 0 Å². The molecule has 76 valence electrons. The molecule has 0 saturated carbocycles. The van der Waals surface area contributed by atoms with Crippen molar-refractivity contribution in [3.05, 3.63) is 29.8 Å². The van der Waals surface area contributed by atoms with Crippen LogP contribution >= 0.6 is 0 Å². The molecule has 2 N–H and O–H groups in total. The van der Waals surface area contributed by atoms with E-state index in [1.807, 2.05) is 0 Å². The Bertz CT molecular complexity index is 304. The first kappa shape index (κ1) is 10.5. The number of benzene rings is 1. The number of carboxylic acids is 1. The van der Waals surface area contributed by atoms with Gasteiger partial charge < -0.3 is 14.9 Å². The van der Waals surface area contributed by atoms with Gasteiger partial charge in [0.25, 0.3) is 0 Å². The van der Waals surface area contributed by atoms with Gasteiger partial charge >= 0.3 is 5.97 Å². The molecule has 4 heteroatoms. The van der Waals surface area contributed by atoms with Crippen LogP contribution in [0.4, 0.5) is 0 Å². The normalized spacial score (nSPS) is 12.1. The standard InChI is InChI=1S/C10H12O4/c1-2-9(11)14-8-5-3-7(4-6-8)10(12)13/h3-6,9,11H,2H2,1H3,(H,12,13). The predicted molar refractivity (Wildman–Crippen MR) is 50.3 cm³/mol. The number of aliphatic hydroxyl groups excluding tert-OH is 1. The molecule has 1 atom stereocenters. The topological polar surface area (TPSA) is 66.8 Å². The Kier molecular flexibility index (Phi) is 3.48. The predicted octanol–water partition coefficient (Wildman–Crippen LogP) is 1.49. The van der Waals surface area contributed by atoms with Gasteiger partial charge in [-0.15, -0.1) is 0 Å². The molecule has 1 rings (SSSR count). The number of hydrogen-bond donors (Lipinski definition) is 2. The molecule has 0 fully saturated rings. The molecule has 0 bridgehead atoms. The van der Waals surface area contributed by atoms with Gasteiger partial charge in [-0.25, -0.2) is 4.79 Å². The second-order valence-electron chi connectivity index (χ2n) is 2.81. The monoisotopic (exact) mass is 196 g/mol. The molecule has 0 aromatic heterocycles. The van der Waals surface area contributed by atoms with Crippen LogP contribution in [0.15, 0.2) is 24.3 Å². The number of aromatic carboxylic acids is 1. The second-order valence-corrected chi connectivity index (χ2v) is 2.81. The quantitative estimate of drug-likeness (QED) is 0.716. The van der Waals surface area contributed by atoms with Crippen LogP contribution in [0.25, 0.3) is 0 Å². The third-order valence-electron chi connectivity index (χ3n) is 1.72. The fourth-order valence-electron chi connectivity index (χ4n) is 0.916. The Morgan fingerprint density at radius 3 is 2.43 bits per heavy atom. The molecule has 0 radical (unpaired) electrons. The maximum Gasteiger partial charge on any atom is 0.335 e. The van der Waals surface area contributed by atoms with Gasteiger partial charge in [0.05, 0.1) is 5.56 Å². The van der Waals surface area contributed by atoms with Crippen LogP contribution in [0.5, 0.6) is 5.75 Å². The Balaban J connectivity index is 2.68. The van der Waals surface area contributed by atoms with Gasteiger partial charge in [-0.2, -0.15) is 0 Å². The van der Waals surface area contributed by atoms with Crippen molar-refractivity contribution in [1.82, 2.24) is 0 Å². The molecule has 4 nitrogen and oxygen atoms in total. The van der Waals surface area contributed by atoms with E-state index in [0.29, 0.717) is 12.2 Å². The van der Waals surface area contributed by atoms with Crippen molar-refractivity contribution < 1.29 is 19.7 Å². The molecule has 1 aromatic carbocycles. The largest absolute Gasteiger partial charge is 0.478 e. The first-order valence-electron chi connectivity index (χ1n) is 4.31. The number of carbonyl (C=O) groups is 1. The minimum absolute atomic E-state index is 0.198. The summed E-state index contributed by atoms with van der Waals surface area (Å²) in [6.45, 7) is 1.79. The van der Waals surface area contributed by atoms with Crippen molar-refractivity contribution in [2.24, 2.45) is 0 Å². The zero-order valence-corrected chi connectivity index (χ0v) is 7.80. The van der Waals surface area contributed by atoms with Crippen LogP contribution in [0, 0.1) is 0 Å². The fraction of sp³-hybridized carbons (Fsp3) is 0.300. The lowest BCUT2D eigenvalue weighted by molar-refractivity contribution is -0.0191. The summed E-state index contributed by atoms with van der Waals surface area (Å²) in [6, 6.07) is 5.89. The van der Waals surface area contributed by atoms with Crippen molar-refractivity contribution in [2.75, 3.05) is 0 Å². The molecular formula is C10H12O4. The minimum Gasteiger partial charge on any atom is -0.478 e. The molecule has 0 aliphatic carbocycles. The Morgan fingerprint density at radius 1 is 1.43 bits per heavy atom. The molecule has 0 aliphatic rings. The summed E-state index contributed by atoms with van der Waals surface area (Å²) >= 11 is 0. The number of aliphatic hydroxyl groups is 1. The first-order chi connectivity index (χ1) is 6.63. The van der Waals surface area contributed by atoms with Crippen LogP contribution in [0.2, 0.25) is 0 Å². The van der Waals surface area contributed by atoms with E-state index in [0.717, 1.165) is 0 Å². The molecule has 1 aromatic rings. The van der Waals surface area contributed by atoms with Crippen molar-refractivity contribution in [2.45, 2.75) is 19.6 Å². The molecule has 0 heterocycles. The molecule has 0 amide bonds. The highest BCUT2D eigenvalue weighted by Crippen LogP contribution is 2.13. The van der Waals surface area contributed by atoms with E-state index in [1.165, 1.54) is 24.3 Å². The fourth-order valence-corrected chi connectivity index (χ4v) is 0.916. The highest BCUT2D eigenvalue weighted by Gasteiger charge is 2.04. The minimum atomic E-state index is -0.979. The van der Waals surface area contributed by atoms with Crippen molar-refractivity contribution in [1.29, 1.82) is 0 Å². The molecule has 0 spiro atoms. The van der Waals surface area contributed by atoms with Crippen molar-refractivity contribution >= 4 is 5.97 Å². The molecule has 0 saturated heterocycles. The SMILES string of the molecule is CCC(O)Oc1ccc(C(=O)O)cc1. The zero-order valence-electron chi connectivity index (χ0n) is 7.80. The zero-order chi connectivity index (χ0) is 10.6. The van der Waals surface area contributed by atoms with Crippen LogP contribution in [-0.2, 0) is 0 Å². The average molecular weight is 196 g/mol. The average Bonchev–Trinajstić information content (AvgIpc) is 2.18. The number of hydrogen-bond acceptors (Lipinski definition) is 3. The smallest absolute Gasteiger partial charge is 0.335 e. The van der Waals surface area contributed by atoms with Crippen molar-refractivity contribution in [3.8, 4) is 5.75 Å². The van der Waals surface area contributed by atoms with Gasteiger partial charge in [0.15, 0.2) is 6.29 Å². The number of carboxylic acid groups (broad SMARTS) is 1. The van der Waals surface area contributed by atoms with E-state index in [1.54, 1.807) is 6.92 Å². The van der Waals surface area contributed by atoms with E-state index in [4.69, 9.17) is 14.9 Å². The van der Waals surface area contributed by atoms with Crippen LogP contribution in [0.3, 0.4) is 0 Å². The van der Waals surface area contributed by atoms with E-state index in [2.05, 4.69) is 0 Å². The Morgan fingerprint density at radius 2 is 2.00 bits per heavy atom.